The second kappa shape index (κ2) is 3.95. The average molecular weight is 234 g/mol. The Balaban J connectivity index is 2.79. The molecule has 0 aliphatic carbocycles. The first kappa shape index (κ1) is 12.8. The van der Waals surface area contributed by atoms with Gasteiger partial charge in [-0.3, -0.25) is 4.90 Å². The normalized spacial score (nSPS) is 26.3. The molecule has 0 aromatic carbocycles. The lowest BCUT2D eigenvalue weighted by Gasteiger charge is -2.53. The van der Waals surface area contributed by atoms with E-state index in [1.807, 2.05) is 0 Å². The van der Waals surface area contributed by atoms with Crippen LogP contribution in [0.1, 0.15) is 40.5 Å². The van der Waals surface area contributed by atoms with Crippen molar-refractivity contribution in [1.82, 2.24) is 4.90 Å². The Morgan fingerprint density at radius 2 is 1.67 bits per heavy atom. The smallest absolute Gasteiger partial charge is 0.404 e. The molecule has 15 heavy (non-hydrogen) atoms. The molecule has 0 aromatic rings. The number of carbonyl (C=O) groups excluding carboxylic acids is 1. The molecule has 0 atom stereocenters. The molecule has 0 amide bonds. The Kier molecular flexibility index (Phi) is 3.36. The van der Waals surface area contributed by atoms with Crippen molar-refractivity contribution < 1.29 is 9.53 Å². The number of likely N-dealkylation sites (tertiary alicyclic amines) is 1. The van der Waals surface area contributed by atoms with Gasteiger partial charge in [-0.2, -0.15) is 0 Å². The maximum Gasteiger partial charge on any atom is 0.404 e. The van der Waals surface area contributed by atoms with Gasteiger partial charge in [-0.25, -0.2) is 4.79 Å². The van der Waals surface area contributed by atoms with Crippen molar-refractivity contribution in [3.05, 3.63) is 0 Å². The number of nitrogens with zero attached hydrogens (tertiary/aromatic N) is 1. The molecule has 1 fully saturated rings. The van der Waals surface area contributed by atoms with E-state index in [-0.39, 0.29) is 17.2 Å². The van der Waals surface area contributed by atoms with Gasteiger partial charge >= 0.3 is 5.43 Å². The summed E-state index contributed by atoms with van der Waals surface area (Å²) < 4.78 is 5.11. The van der Waals surface area contributed by atoms with Crippen molar-refractivity contribution in [3.63, 3.8) is 0 Å². The van der Waals surface area contributed by atoms with Gasteiger partial charge in [-0.1, -0.05) is 0 Å². The number of piperidine rings is 1. The minimum Gasteiger partial charge on any atom is -0.450 e. The Hall–Kier alpha value is -0.280. The van der Waals surface area contributed by atoms with Crippen molar-refractivity contribution in [3.8, 4) is 0 Å². The zero-order valence-electron chi connectivity index (χ0n) is 10.1. The highest BCUT2D eigenvalue weighted by atomic mass is 35.5. The van der Waals surface area contributed by atoms with Gasteiger partial charge in [0, 0.05) is 35.5 Å². The van der Waals surface area contributed by atoms with Crippen LogP contribution in [0, 0.1) is 0 Å². The fraction of sp³-hybridized carbons (Fsp3) is 0.909. The third kappa shape index (κ3) is 2.85. The molecule has 1 rings (SSSR count). The molecule has 88 valence electrons. The molecular formula is C11H20ClNO2. The summed E-state index contributed by atoms with van der Waals surface area (Å²) in [5, 5.41) is 0. The molecule has 4 heteroatoms. The Labute approximate surface area is 96.7 Å². The van der Waals surface area contributed by atoms with E-state index in [4.69, 9.17) is 16.3 Å². The standard InChI is InChI=1S/C11H20ClNO2/c1-10(2)6-8(15-9(12)14)7-11(3,4)13(10)5/h8H,6-7H2,1-5H3. The quantitative estimate of drug-likeness (QED) is 0.652. The van der Waals surface area contributed by atoms with E-state index < -0.39 is 5.43 Å². The summed E-state index contributed by atoms with van der Waals surface area (Å²) in [4.78, 5) is 13.1. The molecule has 0 saturated carbocycles. The van der Waals surface area contributed by atoms with Crippen LogP contribution in [-0.4, -0.2) is 34.6 Å². The van der Waals surface area contributed by atoms with Gasteiger partial charge in [0.25, 0.3) is 0 Å². The summed E-state index contributed by atoms with van der Waals surface area (Å²) in [5.74, 6) is 0. The van der Waals surface area contributed by atoms with E-state index in [0.29, 0.717) is 0 Å². The van der Waals surface area contributed by atoms with Gasteiger partial charge in [-0.05, 0) is 34.7 Å². The van der Waals surface area contributed by atoms with Gasteiger partial charge in [0.2, 0.25) is 0 Å². The Bertz CT molecular complexity index is 245. The highest BCUT2D eigenvalue weighted by Gasteiger charge is 2.44. The lowest BCUT2D eigenvalue weighted by atomic mass is 9.79. The van der Waals surface area contributed by atoms with Gasteiger partial charge in [-0.15, -0.1) is 0 Å². The van der Waals surface area contributed by atoms with Crippen LogP contribution in [0.2, 0.25) is 0 Å². The van der Waals surface area contributed by atoms with Crippen LogP contribution >= 0.6 is 11.6 Å². The summed E-state index contributed by atoms with van der Waals surface area (Å²) in [6.45, 7) is 8.62. The molecule has 0 N–H and O–H groups in total. The number of hydrogen-bond donors (Lipinski definition) is 0. The van der Waals surface area contributed by atoms with E-state index in [9.17, 15) is 4.79 Å². The largest absolute Gasteiger partial charge is 0.450 e. The SMILES string of the molecule is CN1C(C)(C)CC(OC(=O)Cl)CC1(C)C. The van der Waals surface area contributed by atoms with Crippen LogP contribution in [0.25, 0.3) is 0 Å². The monoisotopic (exact) mass is 233 g/mol. The molecule has 0 aromatic heterocycles. The number of ether oxygens (including phenoxy) is 1. The third-order valence-electron chi connectivity index (χ3n) is 3.53. The van der Waals surface area contributed by atoms with E-state index in [1.54, 1.807) is 0 Å². The van der Waals surface area contributed by atoms with Crippen LogP contribution in [0.15, 0.2) is 0 Å². The van der Waals surface area contributed by atoms with Crippen molar-refractivity contribution >= 4 is 17.0 Å². The van der Waals surface area contributed by atoms with E-state index in [2.05, 4.69) is 39.6 Å². The molecule has 0 radical (unpaired) electrons. The zero-order valence-corrected chi connectivity index (χ0v) is 10.9. The molecule has 3 nitrogen and oxygen atoms in total. The molecular weight excluding hydrogens is 214 g/mol. The molecule has 1 heterocycles. The van der Waals surface area contributed by atoms with E-state index >= 15 is 0 Å². The highest BCUT2D eigenvalue weighted by Crippen LogP contribution is 2.38. The molecule has 1 aliphatic rings. The van der Waals surface area contributed by atoms with Crippen molar-refractivity contribution in [2.75, 3.05) is 7.05 Å². The second-order valence-corrected chi connectivity index (χ2v) is 5.88. The van der Waals surface area contributed by atoms with Crippen LogP contribution in [0.3, 0.4) is 0 Å². The van der Waals surface area contributed by atoms with Gasteiger partial charge in [0.1, 0.15) is 6.10 Å². The first-order valence-electron chi connectivity index (χ1n) is 5.25. The fourth-order valence-electron chi connectivity index (χ4n) is 2.49. The minimum atomic E-state index is -0.698. The molecule has 1 saturated heterocycles. The van der Waals surface area contributed by atoms with Crippen LogP contribution in [0.4, 0.5) is 4.79 Å². The maximum absolute atomic E-state index is 10.7. The van der Waals surface area contributed by atoms with Gasteiger partial charge in [0.15, 0.2) is 0 Å². The minimum absolute atomic E-state index is 0.0265. The molecule has 1 aliphatic heterocycles. The van der Waals surface area contributed by atoms with Crippen molar-refractivity contribution in [1.29, 1.82) is 0 Å². The second-order valence-electron chi connectivity index (χ2n) is 5.57. The summed E-state index contributed by atoms with van der Waals surface area (Å²) in [6.07, 6.45) is 1.58. The fourth-order valence-corrected chi connectivity index (χ4v) is 2.62. The first-order valence-corrected chi connectivity index (χ1v) is 5.63. The predicted molar refractivity (Wildman–Crippen MR) is 61.3 cm³/mol. The summed E-state index contributed by atoms with van der Waals surface area (Å²) in [6, 6.07) is 0. The molecule has 0 spiro atoms. The Morgan fingerprint density at radius 1 is 1.27 bits per heavy atom. The number of halogens is 1. The number of carbonyl (C=O) groups is 1. The third-order valence-corrected chi connectivity index (χ3v) is 3.62. The van der Waals surface area contributed by atoms with Gasteiger partial charge < -0.3 is 4.74 Å². The number of hydrogen-bond acceptors (Lipinski definition) is 3. The lowest BCUT2D eigenvalue weighted by Crippen LogP contribution is -2.60. The average Bonchev–Trinajstić information content (AvgIpc) is 1.97. The van der Waals surface area contributed by atoms with Crippen LogP contribution in [0.5, 0.6) is 0 Å². The van der Waals surface area contributed by atoms with Crippen molar-refractivity contribution in [2.45, 2.75) is 57.7 Å². The number of rotatable bonds is 1. The maximum atomic E-state index is 10.7. The first-order chi connectivity index (χ1) is 6.65. The van der Waals surface area contributed by atoms with Gasteiger partial charge in [0.05, 0.1) is 0 Å². The zero-order chi connectivity index (χ0) is 11.9. The highest BCUT2D eigenvalue weighted by molar-refractivity contribution is 6.61. The van der Waals surface area contributed by atoms with E-state index in [1.165, 1.54) is 0 Å². The summed E-state index contributed by atoms with van der Waals surface area (Å²) >= 11 is 5.26. The van der Waals surface area contributed by atoms with Crippen molar-refractivity contribution in [2.24, 2.45) is 0 Å². The molecule has 0 bridgehead atoms. The van der Waals surface area contributed by atoms with Crippen LogP contribution < -0.4 is 0 Å². The lowest BCUT2D eigenvalue weighted by molar-refractivity contribution is -0.0642. The summed E-state index contributed by atoms with van der Waals surface area (Å²) in [7, 11) is 2.11. The predicted octanol–water partition coefficient (Wildman–Crippen LogP) is 3.01. The summed E-state index contributed by atoms with van der Waals surface area (Å²) in [5.41, 5.74) is -0.645. The Morgan fingerprint density at radius 3 is 2.00 bits per heavy atom. The topological polar surface area (TPSA) is 29.5 Å². The van der Waals surface area contributed by atoms with Crippen LogP contribution in [-0.2, 0) is 4.74 Å². The molecule has 0 unspecified atom stereocenters. The van der Waals surface area contributed by atoms with E-state index in [0.717, 1.165) is 12.8 Å².